The first kappa shape index (κ1) is 24.4. The molecule has 1 unspecified atom stereocenters. The topological polar surface area (TPSA) is 84.5 Å². The zero-order valence-electron chi connectivity index (χ0n) is 17.6. The van der Waals surface area contributed by atoms with Crippen LogP contribution in [0, 0.1) is 0 Å². The SMILES string of the molecule is CSCCC(NC(=O)c1ccc(Cl)cc1Cl)C(=O)OCC(=O)Nc1ccc2c(c1)CCC2. The Morgan fingerprint density at radius 3 is 2.62 bits per heavy atom. The molecule has 0 saturated heterocycles. The molecular formula is C23H24Cl2N2O4S. The van der Waals surface area contributed by atoms with E-state index in [0.29, 0.717) is 22.9 Å². The van der Waals surface area contributed by atoms with E-state index in [9.17, 15) is 14.4 Å². The number of thioether (sulfide) groups is 1. The van der Waals surface area contributed by atoms with Gasteiger partial charge in [-0.1, -0.05) is 29.3 Å². The molecule has 9 heteroatoms. The highest BCUT2D eigenvalue weighted by molar-refractivity contribution is 7.98. The van der Waals surface area contributed by atoms with Crippen molar-refractivity contribution in [1.29, 1.82) is 0 Å². The standard InChI is InChI=1S/C23H24Cl2N2O4S/c1-32-10-9-20(27-22(29)18-8-6-16(24)12-19(18)25)23(30)31-13-21(28)26-17-7-5-14-3-2-4-15(14)11-17/h5-8,11-12,20H,2-4,9-10,13H2,1H3,(H,26,28)(H,27,29). The molecule has 0 heterocycles. The first-order valence-corrected chi connectivity index (χ1v) is 12.4. The molecule has 0 bridgehead atoms. The summed E-state index contributed by atoms with van der Waals surface area (Å²) in [6.45, 7) is -0.441. The van der Waals surface area contributed by atoms with Crippen molar-refractivity contribution in [2.24, 2.45) is 0 Å². The van der Waals surface area contributed by atoms with Crippen molar-refractivity contribution < 1.29 is 19.1 Å². The van der Waals surface area contributed by atoms with Gasteiger partial charge in [-0.2, -0.15) is 11.8 Å². The van der Waals surface area contributed by atoms with Gasteiger partial charge in [0.1, 0.15) is 6.04 Å². The second-order valence-electron chi connectivity index (χ2n) is 7.42. The molecule has 2 amide bonds. The first-order valence-electron chi connectivity index (χ1n) is 10.2. The number of hydrogen-bond acceptors (Lipinski definition) is 5. The molecule has 2 aromatic carbocycles. The Morgan fingerprint density at radius 1 is 1.09 bits per heavy atom. The van der Waals surface area contributed by atoms with Gasteiger partial charge in [0, 0.05) is 10.7 Å². The molecule has 2 N–H and O–H groups in total. The molecule has 0 radical (unpaired) electrons. The number of carbonyl (C=O) groups excluding carboxylic acids is 3. The van der Waals surface area contributed by atoms with Gasteiger partial charge in [-0.05, 0) is 79.2 Å². The second-order valence-corrected chi connectivity index (χ2v) is 9.25. The minimum atomic E-state index is -0.908. The number of fused-ring (bicyclic) bond motifs is 1. The first-order chi connectivity index (χ1) is 15.4. The molecule has 3 rings (SSSR count). The smallest absolute Gasteiger partial charge is 0.329 e. The number of hydrogen-bond donors (Lipinski definition) is 2. The van der Waals surface area contributed by atoms with E-state index >= 15 is 0 Å². The summed E-state index contributed by atoms with van der Waals surface area (Å²) < 4.78 is 5.18. The third-order valence-corrected chi connectivity index (χ3v) is 6.30. The number of aryl methyl sites for hydroxylation is 2. The molecule has 0 aliphatic heterocycles. The highest BCUT2D eigenvalue weighted by atomic mass is 35.5. The number of nitrogens with one attached hydrogen (secondary N) is 2. The molecule has 0 spiro atoms. The van der Waals surface area contributed by atoms with Crippen molar-refractivity contribution >= 4 is 58.4 Å². The molecule has 32 heavy (non-hydrogen) atoms. The summed E-state index contributed by atoms with van der Waals surface area (Å²) in [5.74, 6) is -1.01. The molecule has 0 aromatic heterocycles. The Balaban J connectivity index is 1.56. The van der Waals surface area contributed by atoms with E-state index in [4.69, 9.17) is 27.9 Å². The Bertz CT molecular complexity index is 1020. The summed E-state index contributed by atoms with van der Waals surface area (Å²) in [5, 5.41) is 5.98. The molecule has 0 fully saturated rings. The Labute approximate surface area is 201 Å². The van der Waals surface area contributed by atoms with Crippen molar-refractivity contribution in [2.45, 2.75) is 31.7 Å². The van der Waals surface area contributed by atoms with E-state index in [1.807, 2.05) is 24.5 Å². The minimum absolute atomic E-state index is 0.181. The van der Waals surface area contributed by atoms with E-state index in [-0.39, 0.29) is 10.6 Å². The van der Waals surface area contributed by atoms with Crippen molar-refractivity contribution in [3.8, 4) is 0 Å². The lowest BCUT2D eigenvalue weighted by Gasteiger charge is -2.18. The van der Waals surface area contributed by atoms with Gasteiger partial charge in [-0.15, -0.1) is 0 Å². The highest BCUT2D eigenvalue weighted by Crippen LogP contribution is 2.25. The van der Waals surface area contributed by atoms with Gasteiger partial charge in [0.2, 0.25) is 0 Å². The van der Waals surface area contributed by atoms with Crippen molar-refractivity contribution in [1.82, 2.24) is 5.32 Å². The fourth-order valence-corrected chi connectivity index (χ4v) is 4.44. The average Bonchev–Trinajstić information content (AvgIpc) is 3.22. The molecule has 170 valence electrons. The lowest BCUT2D eigenvalue weighted by Crippen LogP contribution is -2.43. The summed E-state index contributed by atoms with van der Waals surface area (Å²) in [6, 6.07) is 9.40. The summed E-state index contributed by atoms with van der Waals surface area (Å²) in [5.41, 5.74) is 3.42. The maximum absolute atomic E-state index is 12.6. The summed E-state index contributed by atoms with van der Waals surface area (Å²) in [6.07, 6.45) is 5.43. The van der Waals surface area contributed by atoms with Crippen LogP contribution >= 0.6 is 35.0 Å². The van der Waals surface area contributed by atoms with Crippen LogP contribution in [0.1, 0.15) is 34.3 Å². The van der Waals surface area contributed by atoms with Gasteiger partial charge in [0.25, 0.3) is 11.8 Å². The largest absolute Gasteiger partial charge is 0.454 e. The van der Waals surface area contributed by atoms with Gasteiger partial charge in [-0.25, -0.2) is 4.79 Å². The minimum Gasteiger partial charge on any atom is -0.454 e. The maximum atomic E-state index is 12.6. The van der Waals surface area contributed by atoms with E-state index < -0.39 is 30.4 Å². The molecular weight excluding hydrogens is 471 g/mol. The molecule has 2 aromatic rings. The molecule has 6 nitrogen and oxygen atoms in total. The van der Waals surface area contributed by atoms with Crippen molar-refractivity contribution in [3.63, 3.8) is 0 Å². The normalized spacial score (nSPS) is 13.2. The summed E-state index contributed by atoms with van der Waals surface area (Å²) in [7, 11) is 0. The Kier molecular flexibility index (Phi) is 8.84. The van der Waals surface area contributed by atoms with Gasteiger partial charge < -0.3 is 15.4 Å². The number of amides is 2. The maximum Gasteiger partial charge on any atom is 0.329 e. The fraction of sp³-hybridized carbons (Fsp3) is 0.348. The Morgan fingerprint density at radius 2 is 1.88 bits per heavy atom. The van der Waals surface area contributed by atoms with Crippen molar-refractivity contribution in [2.75, 3.05) is 23.9 Å². The van der Waals surface area contributed by atoms with E-state index in [0.717, 1.165) is 19.3 Å². The lowest BCUT2D eigenvalue weighted by molar-refractivity contribution is -0.149. The average molecular weight is 495 g/mol. The molecule has 1 aliphatic carbocycles. The number of carbonyl (C=O) groups is 3. The molecule has 0 saturated carbocycles. The number of ether oxygens (including phenoxy) is 1. The molecule has 1 atom stereocenters. The van der Waals surface area contributed by atoms with Crippen LogP contribution in [0.4, 0.5) is 5.69 Å². The van der Waals surface area contributed by atoms with Crippen molar-refractivity contribution in [3.05, 3.63) is 63.1 Å². The third-order valence-electron chi connectivity index (χ3n) is 5.10. The number of rotatable bonds is 9. The van der Waals surface area contributed by atoms with Gasteiger partial charge in [0.15, 0.2) is 6.61 Å². The monoisotopic (exact) mass is 494 g/mol. The van der Waals surface area contributed by atoms with Crippen LogP contribution in [0.25, 0.3) is 0 Å². The lowest BCUT2D eigenvalue weighted by atomic mass is 10.1. The van der Waals surface area contributed by atoms with Crippen LogP contribution < -0.4 is 10.6 Å². The second kappa shape index (κ2) is 11.6. The Hall–Kier alpha value is -2.22. The predicted molar refractivity (Wildman–Crippen MR) is 129 cm³/mol. The van der Waals surface area contributed by atoms with Gasteiger partial charge in [-0.3, -0.25) is 9.59 Å². The fourth-order valence-electron chi connectivity index (χ4n) is 3.48. The summed E-state index contributed by atoms with van der Waals surface area (Å²) >= 11 is 13.5. The predicted octanol–water partition coefficient (Wildman–Crippen LogP) is 4.52. The van der Waals surface area contributed by atoms with Gasteiger partial charge >= 0.3 is 5.97 Å². The van der Waals surface area contributed by atoms with E-state index in [1.165, 1.54) is 35.0 Å². The number of halogens is 2. The van der Waals surface area contributed by atoms with Crippen LogP contribution in [-0.2, 0) is 27.2 Å². The van der Waals surface area contributed by atoms with Crippen LogP contribution in [0.15, 0.2) is 36.4 Å². The zero-order valence-corrected chi connectivity index (χ0v) is 19.9. The highest BCUT2D eigenvalue weighted by Gasteiger charge is 2.24. The van der Waals surface area contributed by atoms with Crippen LogP contribution in [0.2, 0.25) is 10.0 Å². The van der Waals surface area contributed by atoms with Crippen LogP contribution in [0.5, 0.6) is 0 Å². The van der Waals surface area contributed by atoms with Gasteiger partial charge in [0.05, 0.1) is 10.6 Å². The number of anilines is 1. The third kappa shape index (κ3) is 6.64. The van der Waals surface area contributed by atoms with Crippen LogP contribution in [0.3, 0.4) is 0 Å². The number of benzene rings is 2. The molecule has 1 aliphatic rings. The van der Waals surface area contributed by atoms with E-state index in [1.54, 1.807) is 6.07 Å². The van der Waals surface area contributed by atoms with E-state index in [2.05, 4.69) is 10.6 Å². The zero-order chi connectivity index (χ0) is 23.1. The van der Waals surface area contributed by atoms with Crippen LogP contribution in [-0.4, -0.2) is 42.4 Å². The quantitative estimate of drug-likeness (QED) is 0.500. The number of esters is 1. The summed E-state index contributed by atoms with van der Waals surface area (Å²) in [4.78, 5) is 37.4.